The largest absolute Gasteiger partial charge is 0.350 e. The number of hydrogen-bond donors (Lipinski definition) is 3. The van der Waals surface area contributed by atoms with E-state index in [0.29, 0.717) is 17.2 Å². The average molecular weight is 488 g/mol. The first kappa shape index (κ1) is 22.8. The van der Waals surface area contributed by atoms with Crippen LogP contribution in [0.15, 0.2) is 47.5 Å². The molecule has 5 nitrogen and oxygen atoms in total. The summed E-state index contributed by atoms with van der Waals surface area (Å²) in [5.41, 5.74) is 1.72. The standard InChI is InChI=1S/C19H22F2N4O.HI/c1-12-7-8-14(9-17(12)21)13(2)24-19(22-3)23-11-18(26)25-16-6-4-5-15(20)10-16;/h4-10,13H,11H2,1-3H3,(H,25,26)(H2,22,23,24);1H. The van der Waals surface area contributed by atoms with Gasteiger partial charge in [-0.1, -0.05) is 18.2 Å². The van der Waals surface area contributed by atoms with E-state index in [4.69, 9.17) is 0 Å². The smallest absolute Gasteiger partial charge is 0.243 e. The van der Waals surface area contributed by atoms with Crippen molar-refractivity contribution in [2.45, 2.75) is 19.9 Å². The van der Waals surface area contributed by atoms with Crippen LogP contribution < -0.4 is 16.0 Å². The summed E-state index contributed by atoms with van der Waals surface area (Å²) in [4.78, 5) is 16.0. The molecular weight excluding hydrogens is 465 g/mol. The molecule has 0 aromatic heterocycles. The first-order valence-electron chi connectivity index (χ1n) is 8.17. The average Bonchev–Trinajstić information content (AvgIpc) is 2.60. The number of nitrogens with zero attached hydrogens (tertiary/aromatic N) is 1. The van der Waals surface area contributed by atoms with Gasteiger partial charge in [-0.3, -0.25) is 9.79 Å². The topological polar surface area (TPSA) is 65.5 Å². The van der Waals surface area contributed by atoms with Crippen molar-refractivity contribution in [1.82, 2.24) is 10.6 Å². The molecule has 0 saturated carbocycles. The summed E-state index contributed by atoms with van der Waals surface area (Å²) in [6.07, 6.45) is 0. The van der Waals surface area contributed by atoms with E-state index in [1.54, 1.807) is 26.1 Å². The zero-order valence-corrected chi connectivity index (χ0v) is 17.7. The fraction of sp³-hybridized carbons (Fsp3) is 0.263. The van der Waals surface area contributed by atoms with Crippen LogP contribution in [-0.2, 0) is 4.79 Å². The second-order valence-corrected chi connectivity index (χ2v) is 5.86. The Bertz CT molecular complexity index is 814. The molecule has 1 amide bonds. The van der Waals surface area contributed by atoms with Crippen molar-refractivity contribution < 1.29 is 13.6 Å². The summed E-state index contributed by atoms with van der Waals surface area (Å²) in [6.45, 7) is 3.52. The molecule has 0 aliphatic heterocycles. The normalized spacial score (nSPS) is 12.0. The first-order chi connectivity index (χ1) is 12.4. The van der Waals surface area contributed by atoms with Crippen LogP contribution in [-0.4, -0.2) is 25.5 Å². The van der Waals surface area contributed by atoms with E-state index in [1.807, 2.05) is 13.0 Å². The Kier molecular flexibility index (Phi) is 9.13. The minimum atomic E-state index is -0.424. The summed E-state index contributed by atoms with van der Waals surface area (Å²) in [5, 5.41) is 8.55. The molecule has 2 aromatic rings. The summed E-state index contributed by atoms with van der Waals surface area (Å²) in [7, 11) is 1.57. The van der Waals surface area contributed by atoms with Gasteiger partial charge in [0.2, 0.25) is 5.91 Å². The Morgan fingerprint density at radius 1 is 1.19 bits per heavy atom. The monoisotopic (exact) mass is 488 g/mol. The molecule has 1 unspecified atom stereocenters. The zero-order chi connectivity index (χ0) is 19.1. The van der Waals surface area contributed by atoms with Gasteiger partial charge < -0.3 is 16.0 Å². The third-order valence-corrected chi connectivity index (χ3v) is 3.80. The third kappa shape index (κ3) is 7.12. The van der Waals surface area contributed by atoms with E-state index in [9.17, 15) is 13.6 Å². The van der Waals surface area contributed by atoms with Gasteiger partial charge in [0, 0.05) is 12.7 Å². The van der Waals surface area contributed by atoms with Crippen molar-refractivity contribution in [1.29, 1.82) is 0 Å². The van der Waals surface area contributed by atoms with Crippen LogP contribution in [0, 0.1) is 18.6 Å². The highest BCUT2D eigenvalue weighted by Gasteiger charge is 2.11. The second kappa shape index (κ2) is 10.8. The number of guanidine groups is 1. The predicted octanol–water partition coefficient (Wildman–Crippen LogP) is 3.76. The molecule has 0 aliphatic carbocycles. The van der Waals surface area contributed by atoms with Gasteiger partial charge in [-0.2, -0.15) is 0 Å². The lowest BCUT2D eigenvalue weighted by Crippen LogP contribution is -2.42. The molecule has 0 heterocycles. The van der Waals surface area contributed by atoms with Crippen molar-refractivity contribution in [3.05, 3.63) is 65.2 Å². The van der Waals surface area contributed by atoms with E-state index >= 15 is 0 Å². The van der Waals surface area contributed by atoms with Gasteiger partial charge in [-0.15, -0.1) is 24.0 Å². The minimum Gasteiger partial charge on any atom is -0.350 e. The van der Waals surface area contributed by atoms with E-state index in [1.165, 1.54) is 24.3 Å². The number of benzene rings is 2. The lowest BCUT2D eigenvalue weighted by Gasteiger charge is -2.18. The predicted molar refractivity (Wildman–Crippen MR) is 114 cm³/mol. The van der Waals surface area contributed by atoms with Crippen LogP contribution in [0.1, 0.15) is 24.1 Å². The number of carbonyl (C=O) groups excluding carboxylic acids is 1. The number of hydrogen-bond acceptors (Lipinski definition) is 2. The van der Waals surface area contributed by atoms with Crippen LogP contribution >= 0.6 is 24.0 Å². The van der Waals surface area contributed by atoms with E-state index in [0.717, 1.165) is 5.56 Å². The Labute approximate surface area is 174 Å². The number of aryl methyl sites for hydroxylation is 1. The highest BCUT2D eigenvalue weighted by molar-refractivity contribution is 14.0. The molecule has 0 bridgehead atoms. The number of halogens is 3. The number of amides is 1. The highest BCUT2D eigenvalue weighted by atomic mass is 127. The molecule has 27 heavy (non-hydrogen) atoms. The van der Waals surface area contributed by atoms with Gasteiger partial charge in [-0.25, -0.2) is 8.78 Å². The van der Waals surface area contributed by atoms with Crippen LogP contribution in [0.3, 0.4) is 0 Å². The van der Waals surface area contributed by atoms with Crippen LogP contribution in [0.5, 0.6) is 0 Å². The number of aliphatic imine (C=N–C) groups is 1. The molecular formula is C19H23F2IN4O. The van der Waals surface area contributed by atoms with Gasteiger partial charge in [0.1, 0.15) is 11.6 Å². The van der Waals surface area contributed by atoms with Crippen molar-refractivity contribution in [3.8, 4) is 0 Å². The van der Waals surface area contributed by atoms with E-state index < -0.39 is 5.82 Å². The van der Waals surface area contributed by atoms with Gasteiger partial charge in [0.05, 0.1) is 12.6 Å². The molecule has 2 aromatic carbocycles. The SMILES string of the molecule is CN=C(NCC(=O)Nc1cccc(F)c1)NC(C)c1ccc(C)c(F)c1.I. The molecule has 3 N–H and O–H groups in total. The minimum absolute atomic E-state index is 0. The molecule has 0 saturated heterocycles. The van der Waals surface area contributed by atoms with Gasteiger partial charge >= 0.3 is 0 Å². The number of nitrogens with one attached hydrogen (secondary N) is 3. The van der Waals surface area contributed by atoms with E-state index in [2.05, 4.69) is 20.9 Å². The molecule has 0 aliphatic rings. The molecule has 146 valence electrons. The molecule has 2 rings (SSSR count). The van der Waals surface area contributed by atoms with Gasteiger partial charge in [0.25, 0.3) is 0 Å². The van der Waals surface area contributed by atoms with Crippen LogP contribution in [0.25, 0.3) is 0 Å². The zero-order valence-electron chi connectivity index (χ0n) is 15.3. The van der Waals surface area contributed by atoms with Gasteiger partial charge in [0.15, 0.2) is 5.96 Å². The Hall–Kier alpha value is -2.23. The maximum Gasteiger partial charge on any atom is 0.243 e. The number of rotatable bonds is 5. The maximum absolute atomic E-state index is 13.7. The Morgan fingerprint density at radius 2 is 1.93 bits per heavy atom. The van der Waals surface area contributed by atoms with Crippen LogP contribution in [0.4, 0.5) is 14.5 Å². The highest BCUT2D eigenvalue weighted by Crippen LogP contribution is 2.16. The Balaban J connectivity index is 0.00000364. The molecule has 8 heteroatoms. The molecule has 0 spiro atoms. The fourth-order valence-electron chi connectivity index (χ4n) is 2.30. The summed E-state index contributed by atoms with van der Waals surface area (Å²) >= 11 is 0. The quantitative estimate of drug-likeness (QED) is 0.341. The fourth-order valence-corrected chi connectivity index (χ4v) is 2.30. The number of carbonyl (C=O) groups is 1. The van der Waals surface area contributed by atoms with E-state index in [-0.39, 0.29) is 48.3 Å². The lowest BCUT2D eigenvalue weighted by molar-refractivity contribution is -0.115. The third-order valence-electron chi connectivity index (χ3n) is 3.80. The van der Waals surface area contributed by atoms with Crippen LogP contribution in [0.2, 0.25) is 0 Å². The molecule has 0 radical (unpaired) electrons. The Morgan fingerprint density at radius 3 is 2.56 bits per heavy atom. The van der Waals surface area contributed by atoms with Crippen molar-refractivity contribution in [3.63, 3.8) is 0 Å². The molecule has 0 fully saturated rings. The maximum atomic E-state index is 13.7. The first-order valence-corrected chi connectivity index (χ1v) is 8.17. The van der Waals surface area contributed by atoms with Gasteiger partial charge in [-0.05, 0) is 49.2 Å². The summed E-state index contributed by atoms with van der Waals surface area (Å²) in [5.74, 6) is -0.638. The van der Waals surface area contributed by atoms with Crippen molar-refractivity contribution in [2.24, 2.45) is 4.99 Å². The van der Waals surface area contributed by atoms with Crippen molar-refractivity contribution in [2.75, 3.05) is 18.9 Å². The summed E-state index contributed by atoms with van der Waals surface area (Å²) in [6, 6.07) is 10.5. The lowest BCUT2D eigenvalue weighted by atomic mass is 10.1. The second-order valence-electron chi connectivity index (χ2n) is 5.86. The number of anilines is 1. The van der Waals surface area contributed by atoms with Crippen molar-refractivity contribution >= 4 is 41.5 Å². The molecule has 1 atom stereocenters. The summed E-state index contributed by atoms with van der Waals surface area (Å²) < 4.78 is 26.8.